The van der Waals surface area contributed by atoms with E-state index in [4.69, 9.17) is 23.2 Å². The van der Waals surface area contributed by atoms with Crippen LogP contribution in [0.3, 0.4) is 0 Å². The molecule has 1 aliphatic heterocycles. The molecule has 4 rings (SSSR count). The summed E-state index contributed by atoms with van der Waals surface area (Å²) in [6, 6.07) is 22.6. The molecule has 1 heterocycles. The van der Waals surface area contributed by atoms with E-state index in [0.717, 1.165) is 16.8 Å². The van der Waals surface area contributed by atoms with Crippen LogP contribution in [0.2, 0.25) is 10.0 Å². The number of nitrogens with zero attached hydrogens (tertiary/aromatic N) is 2. The van der Waals surface area contributed by atoms with Crippen LogP contribution in [-0.4, -0.2) is 11.7 Å². The fraction of sp³-hybridized carbons (Fsp3) is 0.0435. The smallest absolute Gasteiger partial charge is 0.266 e. The lowest BCUT2D eigenvalue weighted by Gasteiger charge is -2.18. The first-order valence-electron chi connectivity index (χ1n) is 8.75. The van der Waals surface area contributed by atoms with Gasteiger partial charge >= 0.3 is 0 Å². The van der Waals surface area contributed by atoms with Gasteiger partial charge in [-0.1, -0.05) is 71.2 Å². The maximum absolute atomic E-state index is 13.2. The highest BCUT2D eigenvalue weighted by Gasteiger charge is 2.32. The third-order valence-corrected chi connectivity index (χ3v) is 4.97. The van der Waals surface area contributed by atoms with E-state index < -0.39 is 0 Å². The predicted molar refractivity (Wildman–Crippen MR) is 116 cm³/mol. The van der Waals surface area contributed by atoms with Crippen molar-refractivity contribution in [3.8, 4) is 0 Å². The lowest BCUT2D eigenvalue weighted by molar-refractivity contribution is -0.113. The van der Waals surface area contributed by atoms with Gasteiger partial charge in [0.25, 0.3) is 5.91 Å². The molecule has 0 aromatic heterocycles. The van der Waals surface area contributed by atoms with Gasteiger partial charge in [-0.2, -0.15) is 0 Å². The summed E-state index contributed by atoms with van der Waals surface area (Å²) >= 11 is 12.3. The van der Waals surface area contributed by atoms with Crippen LogP contribution in [0, 0.1) is 6.92 Å². The number of benzene rings is 3. The molecule has 138 valence electrons. The Balaban J connectivity index is 1.85. The Morgan fingerprint density at radius 2 is 1.71 bits per heavy atom. The molecule has 3 aromatic carbocycles. The van der Waals surface area contributed by atoms with Crippen LogP contribution >= 0.6 is 23.2 Å². The largest absolute Gasteiger partial charge is 0.282 e. The number of para-hydroxylation sites is 1. The van der Waals surface area contributed by atoms with E-state index in [1.54, 1.807) is 29.2 Å². The van der Waals surface area contributed by atoms with Crippen molar-refractivity contribution in [1.82, 2.24) is 0 Å². The number of amides is 1. The number of amidine groups is 1. The first-order valence-corrected chi connectivity index (χ1v) is 9.50. The number of rotatable bonds is 3. The number of hydrogen-bond donors (Lipinski definition) is 0. The third kappa shape index (κ3) is 3.59. The second-order valence-corrected chi connectivity index (χ2v) is 7.32. The van der Waals surface area contributed by atoms with Gasteiger partial charge in [-0.25, -0.2) is 4.99 Å². The molecule has 0 radical (unpaired) electrons. The lowest BCUT2D eigenvalue weighted by Crippen LogP contribution is -2.32. The Morgan fingerprint density at radius 3 is 2.43 bits per heavy atom. The van der Waals surface area contributed by atoms with E-state index in [1.165, 1.54) is 0 Å². The zero-order valence-corrected chi connectivity index (χ0v) is 16.6. The van der Waals surface area contributed by atoms with E-state index in [9.17, 15) is 4.79 Å². The highest BCUT2D eigenvalue weighted by molar-refractivity contribution is 6.36. The van der Waals surface area contributed by atoms with Crippen LogP contribution < -0.4 is 4.90 Å². The van der Waals surface area contributed by atoms with Gasteiger partial charge < -0.3 is 0 Å². The Kier molecular flexibility index (Phi) is 5.03. The minimum Gasteiger partial charge on any atom is -0.266 e. The van der Waals surface area contributed by atoms with Gasteiger partial charge in [-0.3, -0.25) is 9.69 Å². The summed E-state index contributed by atoms with van der Waals surface area (Å²) in [5.74, 6) is 0.393. The zero-order valence-electron chi connectivity index (χ0n) is 15.1. The quantitative estimate of drug-likeness (QED) is 0.481. The molecule has 3 nitrogen and oxygen atoms in total. The number of hydrogen-bond acceptors (Lipinski definition) is 2. The molecule has 0 bridgehead atoms. The van der Waals surface area contributed by atoms with Crippen molar-refractivity contribution in [3.63, 3.8) is 0 Å². The van der Waals surface area contributed by atoms with E-state index in [-0.39, 0.29) is 5.91 Å². The molecular weight excluding hydrogens is 391 g/mol. The van der Waals surface area contributed by atoms with Gasteiger partial charge in [-0.15, -0.1) is 0 Å². The van der Waals surface area contributed by atoms with Crippen LogP contribution in [0.5, 0.6) is 0 Å². The summed E-state index contributed by atoms with van der Waals surface area (Å²) in [6.45, 7) is 2.01. The average Bonchev–Trinajstić information content (AvgIpc) is 3.01. The van der Waals surface area contributed by atoms with Gasteiger partial charge in [0, 0.05) is 15.6 Å². The molecule has 1 amide bonds. The van der Waals surface area contributed by atoms with Gasteiger partial charge in [0.15, 0.2) is 0 Å². The Morgan fingerprint density at radius 1 is 0.929 bits per heavy atom. The predicted octanol–water partition coefficient (Wildman–Crippen LogP) is 6.14. The fourth-order valence-electron chi connectivity index (χ4n) is 3.08. The highest BCUT2D eigenvalue weighted by atomic mass is 35.5. The minimum atomic E-state index is -0.200. The van der Waals surface area contributed by atoms with Crippen LogP contribution in [0.4, 0.5) is 5.69 Å². The molecule has 0 atom stereocenters. The number of aryl methyl sites for hydroxylation is 1. The van der Waals surface area contributed by atoms with E-state index in [0.29, 0.717) is 27.1 Å². The SMILES string of the molecule is Cc1cccc(C2=N/C(=C/c3ccc(Cl)cc3Cl)C(=O)N2c2ccccc2)c1. The van der Waals surface area contributed by atoms with E-state index in [1.807, 2.05) is 61.5 Å². The second-order valence-electron chi connectivity index (χ2n) is 6.48. The molecule has 28 heavy (non-hydrogen) atoms. The Labute approximate surface area is 173 Å². The van der Waals surface area contributed by atoms with Crippen molar-refractivity contribution in [2.24, 2.45) is 4.99 Å². The number of anilines is 1. The Bertz CT molecular complexity index is 1120. The normalized spacial score (nSPS) is 15.2. The van der Waals surface area contributed by atoms with Crippen LogP contribution in [-0.2, 0) is 4.79 Å². The minimum absolute atomic E-state index is 0.200. The summed E-state index contributed by atoms with van der Waals surface area (Å²) in [4.78, 5) is 19.5. The molecule has 5 heteroatoms. The summed E-state index contributed by atoms with van der Waals surface area (Å²) in [7, 11) is 0. The van der Waals surface area contributed by atoms with Crippen molar-refractivity contribution in [1.29, 1.82) is 0 Å². The lowest BCUT2D eigenvalue weighted by atomic mass is 10.1. The average molecular weight is 407 g/mol. The molecule has 0 unspecified atom stereocenters. The zero-order chi connectivity index (χ0) is 19.7. The molecule has 3 aromatic rings. The maximum atomic E-state index is 13.2. The fourth-order valence-corrected chi connectivity index (χ4v) is 3.54. The molecule has 0 N–H and O–H groups in total. The topological polar surface area (TPSA) is 32.7 Å². The summed E-state index contributed by atoms with van der Waals surface area (Å²) in [5.41, 5.74) is 3.75. The first-order chi connectivity index (χ1) is 13.5. The molecular formula is C23H16Cl2N2O. The van der Waals surface area contributed by atoms with Gasteiger partial charge in [0.2, 0.25) is 0 Å². The molecule has 1 aliphatic rings. The highest BCUT2D eigenvalue weighted by Crippen LogP contribution is 2.30. The van der Waals surface area contributed by atoms with Gasteiger partial charge in [0.05, 0.1) is 5.69 Å². The van der Waals surface area contributed by atoms with E-state index >= 15 is 0 Å². The summed E-state index contributed by atoms with van der Waals surface area (Å²) < 4.78 is 0. The van der Waals surface area contributed by atoms with Crippen molar-refractivity contribution in [2.75, 3.05) is 4.90 Å². The standard InChI is InChI=1S/C23H16Cl2N2O/c1-15-6-5-7-17(12-15)22-26-21(13-16-10-11-18(24)14-20(16)25)23(28)27(22)19-8-3-2-4-9-19/h2-14H,1H3/b21-13+. The van der Waals surface area contributed by atoms with Crippen LogP contribution in [0.25, 0.3) is 6.08 Å². The second kappa shape index (κ2) is 7.63. The maximum Gasteiger partial charge on any atom is 0.282 e. The van der Waals surface area contributed by atoms with Gasteiger partial charge in [-0.05, 0) is 48.9 Å². The molecule has 0 saturated carbocycles. The Hall–Kier alpha value is -2.88. The third-order valence-electron chi connectivity index (χ3n) is 4.41. The molecule has 0 fully saturated rings. The van der Waals surface area contributed by atoms with Crippen molar-refractivity contribution >= 4 is 46.7 Å². The van der Waals surface area contributed by atoms with Gasteiger partial charge in [0.1, 0.15) is 11.5 Å². The molecule has 0 spiro atoms. The molecule has 0 aliphatic carbocycles. The van der Waals surface area contributed by atoms with Crippen LogP contribution in [0.15, 0.2) is 83.5 Å². The number of carbonyl (C=O) groups excluding carboxylic acids is 1. The summed E-state index contributed by atoms with van der Waals surface area (Å²) in [5, 5.41) is 1.01. The number of aliphatic imine (C=N–C) groups is 1. The summed E-state index contributed by atoms with van der Waals surface area (Å²) in [6.07, 6.45) is 1.69. The van der Waals surface area contributed by atoms with Crippen molar-refractivity contribution in [3.05, 3.63) is 105 Å². The van der Waals surface area contributed by atoms with E-state index in [2.05, 4.69) is 4.99 Å². The number of carbonyl (C=O) groups is 1. The van der Waals surface area contributed by atoms with Crippen molar-refractivity contribution in [2.45, 2.75) is 6.92 Å². The number of halogens is 2. The monoisotopic (exact) mass is 406 g/mol. The molecule has 0 saturated heterocycles. The van der Waals surface area contributed by atoms with Crippen molar-refractivity contribution < 1.29 is 4.79 Å². The first kappa shape index (κ1) is 18.5. The van der Waals surface area contributed by atoms with Crippen LogP contribution in [0.1, 0.15) is 16.7 Å².